The Hall–Kier alpha value is -3.32. The van der Waals surface area contributed by atoms with E-state index >= 15 is 0 Å². The number of anilines is 1. The van der Waals surface area contributed by atoms with E-state index in [1.54, 1.807) is 18.7 Å². The molecule has 0 radical (unpaired) electrons. The van der Waals surface area contributed by atoms with Gasteiger partial charge in [-0.15, -0.1) is 0 Å². The van der Waals surface area contributed by atoms with Crippen LogP contribution in [0.1, 0.15) is 29.2 Å². The van der Waals surface area contributed by atoms with Crippen LogP contribution in [-0.4, -0.2) is 53.7 Å². The number of sulfonamides is 1. The third-order valence-electron chi connectivity index (χ3n) is 6.53. The van der Waals surface area contributed by atoms with E-state index in [1.165, 1.54) is 16.8 Å². The summed E-state index contributed by atoms with van der Waals surface area (Å²) in [4.78, 5) is 4.10. The van der Waals surface area contributed by atoms with Gasteiger partial charge >= 0.3 is 0 Å². The SMILES string of the molecule is COc1ccccc1C#Cc1ccc2c(c1)[C@@H]1[C@@H](CCN1S(=O)(=O)c1cn(C)cn1)[C@@H](CO)N2. The van der Waals surface area contributed by atoms with Gasteiger partial charge in [0.25, 0.3) is 10.0 Å². The van der Waals surface area contributed by atoms with Crippen molar-refractivity contribution in [3.8, 4) is 17.6 Å². The molecule has 3 heterocycles. The molecule has 2 N–H and O–H groups in total. The summed E-state index contributed by atoms with van der Waals surface area (Å²) in [6.07, 6.45) is 3.65. The average molecular weight is 479 g/mol. The molecule has 1 saturated heterocycles. The largest absolute Gasteiger partial charge is 0.495 e. The molecule has 0 saturated carbocycles. The van der Waals surface area contributed by atoms with Crippen molar-refractivity contribution in [1.29, 1.82) is 0 Å². The highest BCUT2D eigenvalue weighted by Crippen LogP contribution is 2.48. The monoisotopic (exact) mass is 478 g/mol. The highest BCUT2D eigenvalue weighted by atomic mass is 32.2. The number of fused-ring (bicyclic) bond motifs is 3. The highest BCUT2D eigenvalue weighted by Gasteiger charge is 2.49. The Morgan fingerprint density at radius 1 is 1.24 bits per heavy atom. The van der Waals surface area contributed by atoms with Crippen molar-refractivity contribution in [2.45, 2.75) is 23.5 Å². The first-order chi connectivity index (χ1) is 16.4. The number of para-hydroxylation sites is 1. The lowest BCUT2D eigenvalue weighted by Crippen LogP contribution is -2.42. The molecule has 0 amide bonds. The van der Waals surface area contributed by atoms with Crippen molar-refractivity contribution in [3.63, 3.8) is 0 Å². The summed E-state index contributed by atoms with van der Waals surface area (Å²) in [7, 11) is -0.447. The first-order valence-electron chi connectivity index (χ1n) is 11.1. The number of hydrogen-bond donors (Lipinski definition) is 2. The number of nitrogens with zero attached hydrogens (tertiary/aromatic N) is 3. The zero-order valence-corrected chi connectivity index (χ0v) is 19.8. The van der Waals surface area contributed by atoms with Crippen LogP contribution in [0.25, 0.3) is 0 Å². The number of rotatable bonds is 4. The maximum Gasteiger partial charge on any atom is 0.262 e. The molecule has 3 aromatic rings. The van der Waals surface area contributed by atoms with Gasteiger partial charge in [0, 0.05) is 37.0 Å². The summed E-state index contributed by atoms with van der Waals surface area (Å²) in [5.74, 6) is 6.98. The fraction of sp³-hybridized carbons (Fsp3) is 0.320. The van der Waals surface area contributed by atoms with E-state index in [1.807, 2.05) is 42.5 Å². The second-order valence-corrected chi connectivity index (χ2v) is 10.4. The van der Waals surface area contributed by atoms with Gasteiger partial charge in [-0.3, -0.25) is 0 Å². The van der Waals surface area contributed by atoms with Crippen LogP contribution in [-0.2, 0) is 17.1 Å². The Kier molecular flexibility index (Phi) is 5.81. The van der Waals surface area contributed by atoms with Crippen molar-refractivity contribution in [2.75, 3.05) is 25.6 Å². The lowest BCUT2D eigenvalue weighted by atomic mass is 9.83. The van der Waals surface area contributed by atoms with Crippen molar-refractivity contribution >= 4 is 15.7 Å². The summed E-state index contributed by atoms with van der Waals surface area (Å²) in [5.41, 5.74) is 3.22. The number of benzene rings is 2. The smallest absolute Gasteiger partial charge is 0.262 e. The van der Waals surface area contributed by atoms with E-state index < -0.39 is 16.1 Å². The van der Waals surface area contributed by atoms with Gasteiger partial charge in [-0.05, 0) is 42.3 Å². The van der Waals surface area contributed by atoms with Crippen molar-refractivity contribution in [2.24, 2.45) is 13.0 Å². The number of aromatic nitrogens is 2. The molecule has 2 aromatic carbocycles. The Morgan fingerprint density at radius 3 is 2.79 bits per heavy atom. The average Bonchev–Trinajstić information content (AvgIpc) is 3.50. The molecule has 5 rings (SSSR count). The van der Waals surface area contributed by atoms with E-state index in [0.29, 0.717) is 18.7 Å². The van der Waals surface area contributed by atoms with Gasteiger partial charge in [-0.1, -0.05) is 24.0 Å². The summed E-state index contributed by atoms with van der Waals surface area (Å²) in [5, 5.41) is 13.4. The third kappa shape index (κ3) is 3.84. The van der Waals surface area contributed by atoms with Gasteiger partial charge in [0.1, 0.15) is 5.75 Å². The molecule has 0 aliphatic carbocycles. The molecule has 34 heavy (non-hydrogen) atoms. The lowest BCUT2D eigenvalue weighted by Gasteiger charge is -2.38. The van der Waals surface area contributed by atoms with Crippen LogP contribution in [0.5, 0.6) is 5.75 Å². The summed E-state index contributed by atoms with van der Waals surface area (Å²) in [6, 6.07) is 12.7. The fourth-order valence-electron chi connectivity index (χ4n) is 4.90. The number of imidazole rings is 1. The van der Waals surface area contributed by atoms with E-state index in [-0.39, 0.29) is 23.6 Å². The maximum atomic E-state index is 13.5. The third-order valence-corrected chi connectivity index (χ3v) is 8.29. The first kappa shape index (κ1) is 22.5. The number of methoxy groups -OCH3 is 1. The van der Waals surface area contributed by atoms with Gasteiger partial charge in [0.2, 0.25) is 0 Å². The molecule has 2 aliphatic heterocycles. The second kappa shape index (κ2) is 8.80. The van der Waals surface area contributed by atoms with Crippen LogP contribution in [0.4, 0.5) is 5.69 Å². The molecule has 9 heteroatoms. The van der Waals surface area contributed by atoms with E-state index in [9.17, 15) is 13.5 Å². The summed E-state index contributed by atoms with van der Waals surface area (Å²) < 4.78 is 35.5. The molecule has 8 nitrogen and oxygen atoms in total. The lowest BCUT2D eigenvalue weighted by molar-refractivity contribution is 0.210. The Balaban J connectivity index is 1.56. The Morgan fingerprint density at radius 2 is 2.06 bits per heavy atom. The molecular weight excluding hydrogens is 452 g/mol. The zero-order valence-electron chi connectivity index (χ0n) is 19.0. The maximum absolute atomic E-state index is 13.5. The predicted octanol–water partition coefficient (Wildman–Crippen LogP) is 2.37. The van der Waals surface area contributed by atoms with Gasteiger partial charge in [-0.2, -0.15) is 4.31 Å². The molecule has 0 spiro atoms. The minimum absolute atomic E-state index is 0.0309. The van der Waals surface area contributed by atoms with Crippen LogP contribution in [0, 0.1) is 17.8 Å². The quantitative estimate of drug-likeness (QED) is 0.559. The predicted molar refractivity (Wildman–Crippen MR) is 128 cm³/mol. The van der Waals surface area contributed by atoms with Crippen molar-refractivity contribution in [3.05, 3.63) is 71.7 Å². The number of ether oxygens (including phenoxy) is 1. The van der Waals surface area contributed by atoms with Crippen LogP contribution >= 0.6 is 0 Å². The van der Waals surface area contributed by atoms with Crippen LogP contribution < -0.4 is 10.1 Å². The number of hydrogen-bond acceptors (Lipinski definition) is 6. The molecule has 176 valence electrons. The minimum Gasteiger partial charge on any atom is -0.495 e. The highest BCUT2D eigenvalue weighted by molar-refractivity contribution is 7.89. The van der Waals surface area contributed by atoms with Gasteiger partial charge in [0.15, 0.2) is 5.03 Å². The Labute approximate surface area is 199 Å². The van der Waals surface area contributed by atoms with Gasteiger partial charge in [0.05, 0.1) is 37.7 Å². The summed E-state index contributed by atoms with van der Waals surface area (Å²) >= 11 is 0. The van der Waals surface area contributed by atoms with E-state index in [4.69, 9.17) is 4.74 Å². The van der Waals surface area contributed by atoms with E-state index in [2.05, 4.69) is 22.1 Å². The topological polar surface area (TPSA) is 96.7 Å². The van der Waals surface area contributed by atoms with Crippen LogP contribution in [0.15, 0.2) is 60.0 Å². The van der Waals surface area contributed by atoms with Crippen LogP contribution in [0.3, 0.4) is 0 Å². The molecule has 0 unspecified atom stereocenters. The molecule has 0 bridgehead atoms. The number of aliphatic hydroxyl groups is 1. The van der Waals surface area contributed by atoms with Crippen molar-refractivity contribution < 1.29 is 18.3 Å². The number of nitrogens with one attached hydrogen (secondary N) is 1. The molecule has 2 aliphatic rings. The number of aliphatic hydroxyl groups excluding tert-OH is 1. The fourth-order valence-corrected chi connectivity index (χ4v) is 6.53. The Bertz CT molecular complexity index is 1390. The first-order valence-corrected chi connectivity index (χ1v) is 12.5. The summed E-state index contributed by atoms with van der Waals surface area (Å²) in [6.45, 7) is 0.288. The van der Waals surface area contributed by atoms with Gasteiger partial charge < -0.3 is 19.7 Å². The second-order valence-electron chi connectivity index (χ2n) is 8.58. The van der Waals surface area contributed by atoms with Gasteiger partial charge in [-0.25, -0.2) is 13.4 Å². The standard InChI is InChI=1S/C25H26N4O4S/c1-28-14-24(26-16-28)34(31,32)29-12-11-19-22(15-30)27-21-10-8-17(13-20(21)25(19)29)7-9-18-5-3-4-6-23(18)33-2/h3-6,8,10,13-14,16,19,22,25,27,30H,11-12,15H2,1-2H3/t19-,22+,25-/m0/s1. The molecule has 3 atom stereocenters. The molecule has 1 aromatic heterocycles. The molecule has 1 fully saturated rings. The van der Waals surface area contributed by atoms with E-state index in [0.717, 1.165) is 22.4 Å². The zero-order chi connectivity index (χ0) is 23.9. The van der Waals surface area contributed by atoms with Crippen LogP contribution in [0.2, 0.25) is 0 Å². The normalized spacial score (nSPS) is 21.7. The molecular formula is C25H26N4O4S. The number of aryl methyl sites for hydroxylation is 1. The minimum atomic E-state index is -3.80. The van der Waals surface area contributed by atoms with Crippen molar-refractivity contribution in [1.82, 2.24) is 13.9 Å².